The van der Waals surface area contributed by atoms with Gasteiger partial charge >= 0.3 is 0 Å². The van der Waals surface area contributed by atoms with Gasteiger partial charge in [0, 0.05) is 6.04 Å². The minimum atomic E-state index is 0.559. The maximum atomic E-state index is 3.40. The first-order chi connectivity index (χ1) is 9.54. The second-order valence-corrected chi connectivity index (χ2v) is 6.53. The summed E-state index contributed by atoms with van der Waals surface area (Å²) in [5.74, 6) is 0.716. The Labute approximate surface area is 124 Å². The summed E-state index contributed by atoms with van der Waals surface area (Å²) >= 11 is 0. The quantitative estimate of drug-likeness (QED) is 0.906. The van der Waals surface area contributed by atoms with E-state index < -0.39 is 0 Å². The Bertz CT molecular complexity index is 453. The number of hydrogen-bond donors (Lipinski definition) is 1. The molecule has 0 aliphatic carbocycles. The van der Waals surface area contributed by atoms with Gasteiger partial charge in [-0.2, -0.15) is 0 Å². The van der Waals surface area contributed by atoms with E-state index in [-0.39, 0.29) is 0 Å². The lowest BCUT2D eigenvalue weighted by atomic mass is 9.85. The van der Waals surface area contributed by atoms with E-state index in [0.717, 1.165) is 6.54 Å². The van der Waals surface area contributed by atoms with Gasteiger partial charge in [0.25, 0.3) is 0 Å². The second-order valence-electron chi connectivity index (χ2n) is 6.53. The fourth-order valence-corrected chi connectivity index (χ4v) is 3.69. The molecule has 1 heterocycles. The topological polar surface area (TPSA) is 15.3 Å². The molecule has 0 bridgehead atoms. The van der Waals surface area contributed by atoms with Crippen molar-refractivity contribution < 1.29 is 0 Å². The molecular weight excluding hydrogens is 244 g/mol. The molecule has 1 aromatic rings. The molecule has 0 spiro atoms. The highest BCUT2D eigenvalue weighted by Gasteiger charge is 2.29. The molecule has 2 rings (SSSR count). The van der Waals surface area contributed by atoms with E-state index in [9.17, 15) is 0 Å². The zero-order valence-corrected chi connectivity index (χ0v) is 13.8. The molecule has 0 saturated carbocycles. The fourth-order valence-electron chi connectivity index (χ4n) is 3.69. The maximum absolute atomic E-state index is 3.40. The van der Waals surface area contributed by atoms with Crippen molar-refractivity contribution in [3.63, 3.8) is 0 Å². The van der Waals surface area contributed by atoms with Gasteiger partial charge in [0.15, 0.2) is 0 Å². The van der Waals surface area contributed by atoms with Crippen molar-refractivity contribution in [2.75, 3.05) is 27.2 Å². The van der Waals surface area contributed by atoms with Gasteiger partial charge < -0.3 is 5.32 Å². The summed E-state index contributed by atoms with van der Waals surface area (Å²) < 4.78 is 0. The van der Waals surface area contributed by atoms with Crippen LogP contribution in [-0.2, 0) is 0 Å². The van der Waals surface area contributed by atoms with E-state index in [2.05, 4.69) is 57.2 Å². The summed E-state index contributed by atoms with van der Waals surface area (Å²) in [6.07, 6.45) is 4.02. The first-order valence-corrected chi connectivity index (χ1v) is 7.97. The number of aryl methyl sites for hydroxylation is 3. The highest BCUT2D eigenvalue weighted by atomic mass is 15.1. The summed E-state index contributed by atoms with van der Waals surface area (Å²) in [5.41, 5.74) is 5.82. The molecule has 112 valence electrons. The summed E-state index contributed by atoms with van der Waals surface area (Å²) in [6.45, 7) is 9.06. The van der Waals surface area contributed by atoms with E-state index in [4.69, 9.17) is 0 Å². The number of hydrogen-bond acceptors (Lipinski definition) is 2. The smallest absolute Gasteiger partial charge is 0.0388 e. The molecule has 20 heavy (non-hydrogen) atoms. The van der Waals surface area contributed by atoms with Crippen LogP contribution < -0.4 is 5.32 Å². The monoisotopic (exact) mass is 274 g/mol. The molecule has 2 nitrogen and oxygen atoms in total. The second kappa shape index (κ2) is 6.73. The lowest BCUT2D eigenvalue weighted by molar-refractivity contribution is 0.190. The molecule has 0 aromatic heterocycles. The Balaban J connectivity index is 2.41. The molecule has 1 aromatic carbocycles. The highest BCUT2D eigenvalue weighted by molar-refractivity contribution is 5.38. The summed E-state index contributed by atoms with van der Waals surface area (Å²) in [6, 6.07) is 5.35. The Hall–Kier alpha value is -0.860. The van der Waals surface area contributed by atoms with Gasteiger partial charge in [-0.25, -0.2) is 0 Å². The average Bonchev–Trinajstić information content (AvgIpc) is 2.57. The lowest BCUT2D eigenvalue weighted by Gasteiger charge is -2.34. The predicted octanol–water partition coefficient (Wildman–Crippen LogP) is 3.60. The van der Waals surface area contributed by atoms with Crippen molar-refractivity contribution in [2.24, 2.45) is 5.92 Å². The van der Waals surface area contributed by atoms with E-state index in [1.807, 2.05) is 0 Å². The molecule has 2 heteroatoms. The number of nitrogens with one attached hydrogen (secondary N) is 1. The van der Waals surface area contributed by atoms with E-state index >= 15 is 0 Å². The minimum absolute atomic E-state index is 0.559. The highest BCUT2D eigenvalue weighted by Crippen LogP contribution is 2.36. The molecular formula is C18H30N2. The predicted molar refractivity (Wildman–Crippen MR) is 87.3 cm³/mol. The Morgan fingerprint density at radius 3 is 2.50 bits per heavy atom. The molecule has 1 aliphatic heterocycles. The third kappa shape index (κ3) is 3.24. The largest absolute Gasteiger partial charge is 0.319 e. The number of rotatable bonds is 3. The Morgan fingerprint density at radius 2 is 1.80 bits per heavy atom. The van der Waals surface area contributed by atoms with Crippen LogP contribution in [0.5, 0.6) is 0 Å². The zero-order chi connectivity index (χ0) is 14.7. The average molecular weight is 274 g/mol. The number of likely N-dealkylation sites (tertiary alicyclic amines) is 1. The lowest BCUT2D eigenvalue weighted by Crippen LogP contribution is -2.34. The van der Waals surface area contributed by atoms with Crippen LogP contribution in [0.1, 0.15) is 47.6 Å². The van der Waals surface area contributed by atoms with Gasteiger partial charge in [-0.1, -0.05) is 18.6 Å². The molecule has 2 unspecified atom stereocenters. The van der Waals surface area contributed by atoms with Crippen molar-refractivity contribution in [3.05, 3.63) is 34.4 Å². The molecule has 1 saturated heterocycles. The van der Waals surface area contributed by atoms with E-state index in [0.29, 0.717) is 12.0 Å². The molecule has 0 amide bonds. The van der Waals surface area contributed by atoms with Crippen LogP contribution in [0.3, 0.4) is 0 Å². The summed E-state index contributed by atoms with van der Waals surface area (Å²) in [7, 11) is 4.38. The number of benzene rings is 1. The van der Waals surface area contributed by atoms with E-state index in [1.165, 1.54) is 48.1 Å². The summed E-state index contributed by atoms with van der Waals surface area (Å²) in [4.78, 5) is 2.58. The van der Waals surface area contributed by atoms with Crippen LogP contribution in [0, 0.1) is 26.7 Å². The van der Waals surface area contributed by atoms with Gasteiger partial charge in [-0.15, -0.1) is 0 Å². The van der Waals surface area contributed by atoms with Crippen molar-refractivity contribution in [2.45, 2.75) is 46.1 Å². The van der Waals surface area contributed by atoms with Crippen LogP contribution in [0.25, 0.3) is 0 Å². The van der Waals surface area contributed by atoms with Crippen molar-refractivity contribution in [3.8, 4) is 0 Å². The van der Waals surface area contributed by atoms with Crippen molar-refractivity contribution >= 4 is 0 Å². The van der Waals surface area contributed by atoms with Gasteiger partial charge in [0.05, 0.1) is 0 Å². The number of nitrogens with zero attached hydrogens (tertiary/aromatic N) is 1. The molecule has 1 fully saturated rings. The molecule has 1 N–H and O–H groups in total. The molecule has 2 atom stereocenters. The first kappa shape index (κ1) is 15.5. The van der Waals surface area contributed by atoms with Crippen molar-refractivity contribution in [1.82, 2.24) is 10.2 Å². The molecule has 0 radical (unpaired) electrons. The van der Waals surface area contributed by atoms with Gasteiger partial charge in [0.1, 0.15) is 0 Å². The van der Waals surface area contributed by atoms with Crippen LogP contribution in [0.15, 0.2) is 12.1 Å². The van der Waals surface area contributed by atoms with Gasteiger partial charge in [-0.05, 0) is 89.0 Å². The minimum Gasteiger partial charge on any atom is -0.319 e. The zero-order valence-electron chi connectivity index (χ0n) is 13.8. The summed E-state index contributed by atoms with van der Waals surface area (Å²) in [5, 5.41) is 3.40. The van der Waals surface area contributed by atoms with Crippen LogP contribution in [-0.4, -0.2) is 32.1 Å². The SMILES string of the molecule is CNCC1CCCCN(C)C1c1cc(C)c(C)cc1C. The first-order valence-electron chi connectivity index (χ1n) is 7.97. The van der Waals surface area contributed by atoms with Crippen LogP contribution >= 0.6 is 0 Å². The maximum Gasteiger partial charge on any atom is 0.0388 e. The Morgan fingerprint density at radius 1 is 1.10 bits per heavy atom. The third-order valence-corrected chi connectivity index (χ3v) is 4.92. The van der Waals surface area contributed by atoms with Crippen LogP contribution in [0.2, 0.25) is 0 Å². The van der Waals surface area contributed by atoms with Crippen molar-refractivity contribution in [1.29, 1.82) is 0 Å². The third-order valence-electron chi connectivity index (χ3n) is 4.92. The standard InChI is InChI=1S/C18H30N2/c1-13-10-15(3)17(11-14(13)2)18-16(12-19-4)8-6-7-9-20(18)5/h10-11,16,18-19H,6-9,12H2,1-5H3. The fraction of sp³-hybridized carbons (Fsp3) is 0.667. The van der Waals surface area contributed by atoms with Crippen LogP contribution in [0.4, 0.5) is 0 Å². The van der Waals surface area contributed by atoms with E-state index in [1.54, 1.807) is 0 Å². The Kier molecular flexibility index (Phi) is 5.22. The van der Waals surface area contributed by atoms with Gasteiger partial charge in [0.2, 0.25) is 0 Å². The van der Waals surface area contributed by atoms with Gasteiger partial charge in [-0.3, -0.25) is 4.90 Å². The normalized spacial score (nSPS) is 24.6. The molecule has 1 aliphatic rings.